The first kappa shape index (κ1) is 13.8. The molecule has 0 aliphatic rings. The molecule has 0 saturated heterocycles. The van der Waals surface area contributed by atoms with E-state index >= 15 is 0 Å². The smallest absolute Gasteiger partial charge is 0.144 e. The second kappa shape index (κ2) is 5.10. The van der Waals surface area contributed by atoms with E-state index < -0.39 is 0 Å². The second-order valence-corrected chi connectivity index (χ2v) is 6.08. The van der Waals surface area contributed by atoms with E-state index in [0.717, 1.165) is 38.5 Å². The fraction of sp³-hybridized carbons (Fsp3) is 0.0952. The molecule has 23 heavy (non-hydrogen) atoms. The summed E-state index contributed by atoms with van der Waals surface area (Å²) in [4.78, 5) is 0. The van der Waals surface area contributed by atoms with Gasteiger partial charge in [0.15, 0.2) is 0 Å². The summed E-state index contributed by atoms with van der Waals surface area (Å²) < 4.78 is 6.23. The molecule has 2 nitrogen and oxygen atoms in total. The lowest BCUT2D eigenvalue weighted by molar-refractivity contribution is 0.672. The molecule has 2 heteroatoms. The number of benzene rings is 3. The average molecular weight is 299 g/mol. The van der Waals surface area contributed by atoms with Crippen LogP contribution in [0.5, 0.6) is 0 Å². The summed E-state index contributed by atoms with van der Waals surface area (Å²) >= 11 is 0. The van der Waals surface area contributed by atoms with Crippen LogP contribution in [-0.2, 0) is 0 Å². The predicted molar refractivity (Wildman–Crippen MR) is 97.5 cm³/mol. The monoisotopic (exact) mass is 299 g/mol. The third-order valence-electron chi connectivity index (χ3n) is 4.11. The van der Waals surface area contributed by atoms with E-state index in [4.69, 9.17) is 9.83 Å². The van der Waals surface area contributed by atoms with Crippen LogP contribution in [0, 0.1) is 5.41 Å². The summed E-state index contributed by atoms with van der Waals surface area (Å²) in [6.07, 6.45) is 1.88. The van der Waals surface area contributed by atoms with E-state index in [1.165, 1.54) is 5.39 Å². The van der Waals surface area contributed by atoms with Gasteiger partial charge in [0, 0.05) is 21.7 Å². The molecular formula is C21H17NO. The van der Waals surface area contributed by atoms with Crippen LogP contribution < -0.4 is 0 Å². The van der Waals surface area contributed by atoms with Gasteiger partial charge in [0.25, 0.3) is 0 Å². The molecule has 0 bridgehead atoms. The van der Waals surface area contributed by atoms with E-state index in [1.54, 1.807) is 0 Å². The first-order chi connectivity index (χ1) is 11.1. The van der Waals surface area contributed by atoms with Crippen molar-refractivity contribution < 1.29 is 4.42 Å². The Morgan fingerprint density at radius 2 is 1.57 bits per heavy atom. The van der Waals surface area contributed by atoms with E-state index in [9.17, 15) is 0 Å². The Hall–Kier alpha value is -2.87. The Morgan fingerprint density at radius 3 is 2.39 bits per heavy atom. The molecule has 1 heterocycles. The van der Waals surface area contributed by atoms with Crippen molar-refractivity contribution in [2.24, 2.45) is 0 Å². The molecule has 112 valence electrons. The molecule has 0 amide bonds. The fourth-order valence-electron chi connectivity index (χ4n) is 3.10. The number of allylic oxidation sites excluding steroid dienone is 2. The molecule has 0 unspecified atom stereocenters. The van der Waals surface area contributed by atoms with Crippen molar-refractivity contribution in [1.29, 1.82) is 5.41 Å². The van der Waals surface area contributed by atoms with Gasteiger partial charge in [-0.2, -0.15) is 0 Å². The molecule has 0 radical (unpaired) electrons. The summed E-state index contributed by atoms with van der Waals surface area (Å²) in [6.45, 7) is 4.00. The molecule has 0 aliphatic carbocycles. The largest absolute Gasteiger partial charge is 0.455 e. The zero-order valence-electron chi connectivity index (χ0n) is 13.2. The number of furan rings is 1. The number of hydrogen-bond donors (Lipinski definition) is 1. The van der Waals surface area contributed by atoms with Crippen molar-refractivity contribution in [3.63, 3.8) is 0 Å². The van der Waals surface area contributed by atoms with E-state index in [1.807, 2.05) is 44.2 Å². The van der Waals surface area contributed by atoms with Gasteiger partial charge in [0.2, 0.25) is 0 Å². The van der Waals surface area contributed by atoms with Gasteiger partial charge >= 0.3 is 0 Å². The highest BCUT2D eigenvalue weighted by atomic mass is 16.3. The third kappa shape index (κ3) is 2.15. The first-order valence-corrected chi connectivity index (χ1v) is 7.72. The molecule has 4 rings (SSSR count). The van der Waals surface area contributed by atoms with Gasteiger partial charge in [-0.15, -0.1) is 0 Å². The molecule has 4 aromatic rings. The molecule has 0 aliphatic heterocycles. The summed E-state index contributed by atoms with van der Waals surface area (Å²) in [5.41, 5.74) is 4.12. The molecule has 0 spiro atoms. The van der Waals surface area contributed by atoms with Crippen LogP contribution in [0.15, 0.2) is 70.7 Å². The van der Waals surface area contributed by atoms with Gasteiger partial charge in [-0.25, -0.2) is 0 Å². The summed E-state index contributed by atoms with van der Waals surface area (Å²) in [6, 6.07) is 18.5. The molecule has 1 N–H and O–H groups in total. The standard InChI is InChI=1S/C21H17NO/c1-13(2)12-19(22)18-9-5-8-16-17-11-10-14-6-3-4-7-15(14)20(17)23-21(16)18/h3-12,22H,1-2H3. The predicted octanol–water partition coefficient (Wildman–Crippen LogP) is 6.07. The van der Waals surface area contributed by atoms with Gasteiger partial charge in [-0.05, 0) is 37.4 Å². The lowest BCUT2D eigenvalue weighted by Crippen LogP contribution is -1.95. The Bertz CT molecular complexity index is 1090. The minimum Gasteiger partial charge on any atom is -0.455 e. The lowest BCUT2D eigenvalue weighted by atomic mass is 10.0. The Balaban J connectivity index is 2.10. The van der Waals surface area contributed by atoms with Crippen LogP contribution >= 0.6 is 0 Å². The normalized spacial score (nSPS) is 11.2. The molecule has 0 saturated carbocycles. The average Bonchev–Trinajstić information content (AvgIpc) is 2.93. The number of rotatable bonds is 2. The zero-order chi connectivity index (χ0) is 16.0. The topological polar surface area (TPSA) is 37.0 Å². The number of fused-ring (bicyclic) bond motifs is 5. The van der Waals surface area contributed by atoms with Crippen molar-refractivity contribution in [3.05, 3.63) is 71.8 Å². The SMILES string of the molecule is CC(C)=CC(=N)c1cccc2c1oc1c3ccccc3ccc21. The van der Waals surface area contributed by atoms with Crippen molar-refractivity contribution in [2.75, 3.05) is 0 Å². The second-order valence-electron chi connectivity index (χ2n) is 6.08. The Morgan fingerprint density at radius 1 is 0.826 bits per heavy atom. The van der Waals surface area contributed by atoms with Gasteiger partial charge < -0.3 is 9.83 Å². The van der Waals surface area contributed by atoms with E-state index in [-0.39, 0.29) is 0 Å². The highest BCUT2D eigenvalue weighted by Crippen LogP contribution is 2.35. The van der Waals surface area contributed by atoms with Crippen molar-refractivity contribution in [1.82, 2.24) is 0 Å². The van der Waals surface area contributed by atoms with Crippen LogP contribution in [0.3, 0.4) is 0 Å². The van der Waals surface area contributed by atoms with Crippen LogP contribution in [0.25, 0.3) is 32.7 Å². The van der Waals surface area contributed by atoms with Crippen LogP contribution in [0.4, 0.5) is 0 Å². The highest BCUT2D eigenvalue weighted by Gasteiger charge is 2.14. The maximum absolute atomic E-state index is 8.34. The molecular weight excluding hydrogens is 282 g/mol. The summed E-state index contributed by atoms with van der Waals surface area (Å²) in [5.74, 6) is 0. The molecule has 1 aromatic heterocycles. The quantitative estimate of drug-likeness (QED) is 0.448. The first-order valence-electron chi connectivity index (χ1n) is 7.72. The lowest BCUT2D eigenvalue weighted by Gasteiger charge is -2.00. The highest BCUT2D eigenvalue weighted by molar-refractivity contribution is 6.21. The van der Waals surface area contributed by atoms with Gasteiger partial charge in [0.1, 0.15) is 11.2 Å². The van der Waals surface area contributed by atoms with Gasteiger partial charge in [-0.1, -0.05) is 48.0 Å². The van der Waals surface area contributed by atoms with Gasteiger partial charge in [-0.3, -0.25) is 0 Å². The Kier molecular flexibility index (Phi) is 3.05. The summed E-state index contributed by atoms with van der Waals surface area (Å²) in [5, 5.41) is 12.8. The maximum atomic E-state index is 8.34. The van der Waals surface area contributed by atoms with Gasteiger partial charge in [0.05, 0.1) is 5.71 Å². The van der Waals surface area contributed by atoms with Crippen molar-refractivity contribution in [2.45, 2.75) is 13.8 Å². The van der Waals surface area contributed by atoms with Crippen molar-refractivity contribution >= 4 is 38.4 Å². The molecule has 0 atom stereocenters. The fourth-order valence-corrected chi connectivity index (χ4v) is 3.10. The number of para-hydroxylation sites is 1. The maximum Gasteiger partial charge on any atom is 0.144 e. The number of nitrogens with one attached hydrogen (secondary N) is 1. The number of hydrogen-bond acceptors (Lipinski definition) is 2. The van der Waals surface area contributed by atoms with E-state index in [0.29, 0.717) is 5.71 Å². The van der Waals surface area contributed by atoms with Crippen LogP contribution in [0.2, 0.25) is 0 Å². The molecule has 0 fully saturated rings. The summed E-state index contributed by atoms with van der Waals surface area (Å²) in [7, 11) is 0. The minimum atomic E-state index is 0.485. The third-order valence-corrected chi connectivity index (χ3v) is 4.11. The van der Waals surface area contributed by atoms with Crippen LogP contribution in [-0.4, -0.2) is 5.71 Å². The zero-order valence-corrected chi connectivity index (χ0v) is 13.2. The van der Waals surface area contributed by atoms with E-state index in [2.05, 4.69) is 30.3 Å². The van der Waals surface area contributed by atoms with Crippen molar-refractivity contribution in [3.8, 4) is 0 Å². The molecule has 3 aromatic carbocycles. The van der Waals surface area contributed by atoms with Crippen LogP contribution in [0.1, 0.15) is 19.4 Å². The minimum absolute atomic E-state index is 0.485. The Labute approximate surface area is 134 Å².